The largest absolute Gasteiger partial charge is 0.389 e. The first kappa shape index (κ1) is 14.3. The Bertz CT molecular complexity index is 616. The molecule has 0 aromatic heterocycles. The van der Waals surface area contributed by atoms with E-state index in [2.05, 4.69) is 27.3 Å². The highest BCUT2D eigenvalue weighted by molar-refractivity contribution is 9.10. The van der Waals surface area contributed by atoms with Gasteiger partial charge in [-0.1, -0.05) is 51.9 Å². The van der Waals surface area contributed by atoms with E-state index in [0.717, 1.165) is 21.3 Å². The molecule has 0 aliphatic carbocycles. The molecule has 2 nitrogen and oxygen atoms in total. The van der Waals surface area contributed by atoms with Crippen molar-refractivity contribution in [2.75, 3.05) is 5.32 Å². The summed E-state index contributed by atoms with van der Waals surface area (Å²) in [4.78, 5) is 0.355. The zero-order valence-electron chi connectivity index (χ0n) is 9.99. The Balaban J connectivity index is 2.19. The maximum atomic E-state index is 6.00. The normalized spacial score (nSPS) is 10.2. The minimum atomic E-state index is 0.355. The molecule has 0 spiro atoms. The molecule has 0 saturated carbocycles. The van der Waals surface area contributed by atoms with Crippen molar-refractivity contribution in [1.82, 2.24) is 0 Å². The summed E-state index contributed by atoms with van der Waals surface area (Å²) >= 11 is 14.5. The second kappa shape index (κ2) is 6.37. The molecule has 19 heavy (non-hydrogen) atoms. The van der Waals surface area contributed by atoms with Gasteiger partial charge in [0.2, 0.25) is 0 Å². The van der Waals surface area contributed by atoms with Gasteiger partial charge >= 0.3 is 0 Å². The van der Waals surface area contributed by atoms with Crippen LogP contribution in [0.4, 0.5) is 5.69 Å². The molecule has 3 N–H and O–H groups in total. The number of nitrogens with two attached hydrogens (primary N) is 1. The number of hydrogen-bond acceptors (Lipinski definition) is 2. The van der Waals surface area contributed by atoms with Gasteiger partial charge in [0.1, 0.15) is 4.99 Å². The number of thiocarbonyl (C=S) groups is 1. The zero-order valence-corrected chi connectivity index (χ0v) is 13.1. The van der Waals surface area contributed by atoms with Crippen molar-refractivity contribution in [3.8, 4) is 0 Å². The maximum absolute atomic E-state index is 6.00. The van der Waals surface area contributed by atoms with Crippen molar-refractivity contribution in [2.24, 2.45) is 5.73 Å². The molecule has 0 heterocycles. The highest BCUT2D eigenvalue weighted by Crippen LogP contribution is 2.22. The van der Waals surface area contributed by atoms with Gasteiger partial charge in [-0.25, -0.2) is 0 Å². The first-order chi connectivity index (χ1) is 9.06. The third-order valence-electron chi connectivity index (χ3n) is 2.62. The maximum Gasteiger partial charge on any atom is 0.106 e. The van der Waals surface area contributed by atoms with Crippen LogP contribution in [0.15, 0.2) is 46.9 Å². The molecule has 0 fully saturated rings. The van der Waals surface area contributed by atoms with Crippen LogP contribution in [0.25, 0.3) is 0 Å². The van der Waals surface area contributed by atoms with Crippen molar-refractivity contribution < 1.29 is 0 Å². The third kappa shape index (κ3) is 3.93. The van der Waals surface area contributed by atoms with Crippen molar-refractivity contribution >= 4 is 50.4 Å². The molecule has 2 aromatic carbocycles. The number of hydrogen-bond donors (Lipinski definition) is 2. The molecule has 0 radical (unpaired) electrons. The Kier molecular flexibility index (Phi) is 4.80. The minimum Gasteiger partial charge on any atom is -0.389 e. The molecular weight excluding hydrogens is 344 g/mol. The van der Waals surface area contributed by atoms with Gasteiger partial charge in [0.25, 0.3) is 0 Å². The number of nitrogens with one attached hydrogen (secondary N) is 1. The third-order valence-corrected chi connectivity index (χ3v) is 3.57. The van der Waals surface area contributed by atoms with Gasteiger partial charge in [0.05, 0.1) is 0 Å². The summed E-state index contributed by atoms with van der Waals surface area (Å²) in [5, 5.41) is 3.96. The molecule has 2 aromatic rings. The predicted molar refractivity (Wildman–Crippen MR) is 88.8 cm³/mol. The van der Waals surface area contributed by atoms with Crippen molar-refractivity contribution in [1.29, 1.82) is 0 Å². The highest BCUT2D eigenvalue weighted by atomic mass is 79.9. The fourth-order valence-electron chi connectivity index (χ4n) is 1.72. The average molecular weight is 356 g/mol. The Morgan fingerprint density at radius 1 is 1.26 bits per heavy atom. The molecule has 98 valence electrons. The SMILES string of the molecule is NC(=S)c1ccc(Cl)cc1NCc1cccc(Br)c1. The van der Waals surface area contributed by atoms with Crippen molar-refractivity contribution in [2.45, 2.75) is 6.54 Å². The average Bonchev–Trinajstić information content (AvgIpc) is 2.36. The van der Waals surface area contributed by atoms with Crippen LogP contribution in [0.3, 0.4) is 0 Å². The van der Waals surface area contributed by atoms with E-state index in [1.165, 1.54) is 0 Å². The number of benzene rings is 2. The van der Waals surface area contributed by atoms with Gasteiger partial charge in [0, 0.05) is 27.3 Å². The lowest BCUT2D eigenvalue weighted by atomic mass is 10.1. The molecule has 0 amide bonds. The number of anilines is 1. The Hall–Kier alpha value is -1.10. The fourth-order valence-corrected chi connectivity index (χ4v) is 2.52. The zero-order chi connectivity index (χ0) is 13.8. The van der Waals surface area contributed by atoms with E-state index in [9.17, 15) is 0 Å². The second-order valence-corrected chi connectivity index (χ2v) is 5.83. The van der Waals surface area contributed by atoms with E-state index < -0.39 is 0 Å². The van der Waals surface area contributed by atoms with Crippen LogP contribution in [0.5, 0.6) is 0 Å². The first-order valence-corrected chi connectivity index (χ1v) is 7.22. The van der Waals surface area contributed by atoms with E-state index in [1.54, 1.807) is 6.07 Å². The lowest BCUT2D eigenvalue weighted by molar-refractivity contribution is 1.14. The Labute approximate surface area is 131 Å². The van der Waals surface area contributed by atoms with Crippen LogP contribution in [0, 0.1) is 0 Å². The van der Waals surface area contributed by atoms with Crippen LogP contribution in [0.1, 0.15) is 11.1 Å². The van der Waals surface area contributed by atoms with E-state index in [1.807, 2.05) is 30.3 Å². The van der Waals surface area contributed by atoms with E-state index >= 15 is 0 Å². The molecule has 5 heteroatoms. The Morgan fingerprint density at radius 3 is 2.74 bits per heavy atom. The quantitative estimate of drug-likeness (QED) is 0.801. The van der Waals surface area contributed by atoms with Crippen LogP contribution in [-0.2, 0) is 6.54 Å². The monoisotopic (exact) mass is 354 g/mol. The summed E-state index contributed by atoms with van der Waals surface area (Å²) in [6.45, 7) is 0.676. The molecule has 2 rings (SSSR count). The summed E-state index contributed by atoms with van der Waals surface area (Å²) in [7, 11) is 0. The molecule has 0 bridgehead atoms. The lowest BCUT2D eigenvalue weighted by Gasteiger charge is -2.12. The first-order valence-electron chi connectivity index (χ1n) is 5.64. The molecule has 0 aliphatic rings. The number of rotatable bonds is 4. The predicted octanol–water partition coefficient (Wildman–Crippen LogP) is 4.35. The van der Waals surface area contributed by atoms with Crippen molar-refractivity contribution in [3.05, 3.63) is 63.1 Å². The van der Waals surface area contributed by atoms with Crippen LogP contribution >= 0.6 is 39.7 Å². The van der Waals surface area contributed by atoms with Gasteiger partial charge in [-0.15, -0.1) is 0 Å². The van der Waals surface area contributed by atoms with Gasteiger partial charge in [-0.05, 0) is 35.9 Å². The lowest BCUT2D eigenvalue weighted by Crippen LogP contribution is -2.13. The minimum absolute atomic E-state index is 0.355. The summed E-state index contributed by atoms with van der Waals surface area (Å²) in [6, 6.07) is 13.5. The second-order valence-electron chi connectivity index (χ2n) is 4.04. The van der Waals surface area contributed by atoms with Crippen LogP contribution in [0.2, 0.25) is 5.02 Å². The van der Waals surface area contributed by atoms with Crippen LogP contribution in [-0.4, -0.2) is 4.99 Å². The summed E-state index contributed by atoms with van der Waals surface area (Å²) in [5.74, 6) is 0. The van der Waals surface area contributed by atoms with Gasteiger partial charge in [-0.3, -0.25) is 0 Å². The van der Waals surface area contributed by atoms with E-state index in [0.29, 0.717) is 16.6 Å². The van der Waals surface area contributed by atoms with Gasteiger partial charge in [-0.2, -0.15) is 0 Å². The molecule has 0 unspecified atom stereocenters. The summed E-state index contributed by atoms with van der Waals surface area (Å²) in [5.41, 5.74) is 8.50. The van der Waals surface area contributed by atoms with Gasteiger partial charge < -0.3 is 11.1 Å². The molecule has 0 saturated heterocycles. The topological polar surface area (TPSA) is 38.0 Å². The number of halogens is 2. The molecule has 0 aliphatic heterocycles. The standard InChI is InChI=1S/C14H12BrClN2S/c15-10-3-1-2-9(6-10)8-18-13-7-11(16)4-5-12(13)14(17)19/h1-7,18H,8H2,(H2,17,19). The fraction of sp³-hybridized carbons (Fsp3) is 0.0714. The van der Waals surface area contributed by atoms with Gasteiger partial charge in [0.15, 0.2) is 0 Å². The highest BCUT2D eigenvalue weighted by Gasteiger charge is 2.06. The smallest absolute Gasteiger partial charge is 0.106 e. The Morgan fingerprint density at radius 2 is 2.05 bits per heavy atom. The molecule has 0 atom stereocenters. The molecular formula is C14H12BrClN2S. The van der Waals surface area contributed by atoms with Crippen LogP contribution < -0.4 is 11.1 Å². The van der Waals surface area contributed by atoms with E-state index in [-0.39, 0.29) is 0 Å². The summed E-state index contributed by atoms with van der Waals surface area (Å²) in [6.07, 6.45) is 0. The van der Waals surface area contributed by atoms with E-state index in [4.69, 9.17) is 29.6 Å². The van der Waals surface area contributed by atoms with Crippen molar-refractivity contribution in [3.63, 3.8) is 0 Å². The summed E-state index contributed by atoms with van der Waals surface area (Å²) < 4.78 is 1.05.